The van der Waals surface area contributed by atoms with Crippen LogP contribution >= 0.6 is 22.9 Å². The molecule has 1 atom stereocenters. The largest absolute Gasteiger partial charge is 0.350 e. The van der Waals surface area contributed by atoms with Crippen molar-refractivity contribution in [1.29, 1.82) is 0 Å². The molecule has 5 rings (SSSR count). The Kier molecular flexibility index (Phi) is 6.18. The van der Waals surface area contributed by atoms with Gasteiger partial charge in [0.2, 0.25) is 5.00 Å². The summed E-state index contributed by atoms with van der Waals surface area (Å²) in [5.41, 5.74) is 2.15. The Bertz CT molecular complexity index is 1170. The summed E-state index contributed by atoms with van der Waals surface area (Å²) in [5.74, 6) is -0.985. The van der Waals surface area contributed by atoms with Gasteiger partial charge in [-0.3, -0.25) is 9.59 Å². The zero-order chi connectivity index (χ0) is 23.0. The van der Waals surface area contributed by atoms with Gasteiger partial charge in [0, 0.05) is 12.6 Å². The standard InChI is InChI=1S/C25H27ClFN3O2S/c26-25(24(32)28-19-6-4-2-1-3-5-7-19)16-29-20-12-13-33-22(20)14-21(29)23(31)30(25)15-17-8-10-18(27)11-9-17/h8-14,19H,1-7,15-16H2,(H,28,32). The molecule has 33 heavy (non-hydrogen) atoms. The maximum absolute atomic E-state index is 13.7. The maximum Gasteiger partial charge on any atom is 0.272 e. The van der Waals surface area contributed by atoms with Crippen LogP contribution < -0.4 is 5.32 Å². The molecular weight excluding hydrogens is 461 g/mol. The molecule has 1 unspecified atom stereocenters. The van der Waals surface area contributed by atoms with Crippen LogP contribution in [-0.4, -0.2) is 32.3 Å². The predicted octanol–water partition coefficient (Wildman–Crippen LogP) is 5.66. The summed E-state index contributed by atoms with van der Waals surface area (Å²) in [6.45, 7) is 0.287. The monoisotopic (exact) mass is 487 g/mol. The summed E-state index contributed by atoms with van der Waals surface area (Å²) in [6.07, 6.45) is 7.60. The van der Waals surface area contributed by atoms with Crippen molar-refractivity contribution < 1.29 is 14.0 Å². The van der Waals surface area contributed by atoms with Gasteiger partial charge < -0.3 is 14.8 Å². The topological polar surface area (TPSA) is 54.3 Å². The van der Waals surface area contributed by atoms with E-state index in [9.17, 15) is 14.0 Å². The number of benzene rings is 1. The molecule has 2 aromatic heterocycles. The molecule has 3 aromatic rings. The van der Waals surface area contributed by atoms with Gasteiger partial charge in [0.05, 0.1) is 16.8 Å². The molecule has 5 nitrogen and oxygen atoms in total. The number of nitrogens with one attached hydrogen (secondary N) is 1. The van der Waals surface area contributed by atoms with E-state index in [4.69, 9.17) is 11.6 Å². The highest BCUT2D eigenvalue weighted by Gasteiger charge is 2.50. The molecule has 2 aliphatic rings. The zero-order valence-corrected chi connectivity index (χ0v) is 19.9. The zero-order valence-electron chi connectivity index (χ0n) is 18.4. The first-order chi connectivity index (χ1) is 16.0. The highest BCUT2D eigenvalue weighted by molar-refractivity contribution is 7.17. The molecule has 1 fully saturated rings. The van der Waals surface area contributed by atoms with Crippen molar-refractivity contribution in [2.75, 3.05) is 0 Å². The number of aromatic nitrogens is 1. The molecule has 2 amide bonds. The molecule has 0 radical (unpaired) electrons. The van der Waals surface area contributed by atoms with Gasteiger partial charge in [-0.1, -0.05) is 55.8 Å². The van der Waals surface area contributed by atoms with Gasteiger partial charge in [0.15, 0.2) is 0 Å². The van der Waals surface area contributed by atoms with Gasteiger partial charge in [0.25, 0.3) is 11.8 Å². The third kappa shape index (κ3) is 4.28. The highest BCUT2D eigenvalue weighted by Crippen LogP contribution is 2.37. The van der Waals surface area contributed by atoms with Crippen molar-refractivity contribution in [2.45, 2.75) is 69.1 Å². The molecule has 8 heteroatoms. The predicted molar refractivity (Wildman–Crippen MR) is 129 cm³/mol. The molecule has 174 valence electrons. The van der Waals surface area contributed by atoms with Crippen molar-refractivity contribution >= 4 is 45.0 Å². The molecule has 1 aliphatic heterocycles. The average Bonchev–Trinajstić information content (AvgIpc) is 3.36. The lowest BCUT2D eigenvalue weighted by molar-refractivity contribution is -0.130. The van der Waals surface area contributed by atoms with E-state index in [1.54, 1.807) is 23.5 Å². The second kappa shape index (κ2) is 9.11. The minimum atomic E-state index is -1.57. The number of fused-ring (bicyclic) bond motifs is 3. The van der Waals surface area contributed by atoms with Gasteiger partial charge >= 0.3 is 0 Å². The summed E-state index contributed by atoms with van der Waals surface area (Å²) in [7, 11) is 0. The SMILES string of the molecule is O=C1c2cc3sccc3n2CC(Cl)(C(=O)NC2CCCCCCC2)N1Cc1ccc(F)cc1. The number of amides is 2. The number of alkyl halides is 1. The Morgan fingerprint density at radius 2 is 1.82 bits per heavy atom. The Morgan fingerprint density at radius 1 is 1.12 bits per heavy atom. The minimum Gasteiger partial charge on any atom is -0.350 e. The number of nitrogens with zero attached hydrogens (tertiary/aromatic N) is 2. The van der Waals surface area contributed by atoms with Crippen LogP contribution in [0.1, 0.15) is 61.0 Å². The van der Waals surface area contributed by atoms with E-state index < -0.39 is 5.00 Å². The number of hydrogen-bond acceptors (Lipinski definition) is 3. The second-order valence-electron chi connectivity index (χ2n) is 9.08. The number of hydrogen-bond donors (Lipinski definition) is 1. The van der Waals surface area contributed by atoms with E-state index in [-0.39, 0.29) is 36.8 Å². The Labute approximate surface area is 201 Å². The van der Waals surface area contributed by atoms with Crippen LogP contribution in [0.5, 0.6) is 0 Å². The van der Waals surface area contributed by atoms with Gasteiger partial charge in [-0.15, -0.1) is 11.3 Å². The summed E-state index contributed by atoms with van der Waals surface area (Å²) in [6, 6.07) is 9.83. The van der Waals surface area contributed by atoms with Crippen molar-refractivity contribution in [2.24, 2.45) is 0 Å². The number of halogens is 2. The molecule has 0 saturated heterocycles. The molecule has 0 spiro atoms. The third-order valence-electron chi connectivity index (χ3n) is 6.82. The lowest BCUT2D eigenvalue weighted by Gasteiger charge is -2.42. The minimum absolute atomic E-state index is 0.0587. The summed E-state index contributed by atoms with van der Waals surface area (Å²) < 4.78 is 16.3. The Morgan fingerprint density at radius 3 is 2.55 bits per heavy atom. The van der Waals surface area contributed by atoms with Gasteiger partial charge in [-0.05, 0) is 48.1 Å². The first kappa shape index (κ1) is 22.4. The highest BCUT2D eigenvalue weighted by atomic mass is 35.5. The molecule has 0 bridgehead atoms. The van der Waals surface area contributed by atoms with Gasteiger partial charge in [-0.25, -0.2) is 4.39 Å². The number of carbonyl (C=O) groups excluding carboxylic acids is 2. The van der Waals surface area contributed by atoms with Crippen LogP contribution in [0.3, 0.4) is 0 Å². The first-order valence-electron chi connectivity index (χ1n) is 11.6. The van der Waals surface area contributed by atoms with Gasteiger partial charge in [-0.2, -0.15) is 0 Å². The second-order valence-corrected chi connectivity index (χ2v) is 10.7. The molecule has 1 N–H and O–H groups in total. The number of carbonyl (C=O) groups is 2. The number of rotatable bonds is 4. The van der Waals surface area contributed by atoms with E-state index in [0.29, 0.717) is 5.69 Å². The Balaban J connectivity index is 1.49. The molecular formula is C25H27ClFN3O2S. The van der Waals surface area contributed by atoms with E-state index in [0.717, 1.165) is 41.5 Å². The van der Waals surface area contributed by atoms with E-state index in [1.807, 2.05) is 22.1 Å². The average molecular weight is 488 g/mol. The normalized spacial score (nSPS) is 22.1. The smallest absolute Gasteiger partial charge is 0.272 e. The molecule has 1 aliphatic carbocycles. The fourth-order valence-corrected chi connectivity index (χ4v) is 6.11. The van der Waals surface area contributed by atoms with Crippen molar-refractivity contribution in [3.63, 3.8) is 0 Å². The molecule has 3 heterocycles. The molecule has 1 saturated carbocycles. The lowest BCUT2D eigenvalue weighted by atomic mass is 9.96. The number of thiophene rings is 1. The third-order valence-corrected chi connectivity index (χ3v) is 8.17. The lowest BCUT2D eigenvalue weighted by Crippen LogP contribution is -2.63. The van der Waals surface area contributed by atoms with Crippen LogP contribution in [0.4, 0.5) is 4.39 Å². The van der Waals surface area contributed by atoms with Crippen molar-refractivity contribution in [3.05, 3.63) is 58.9 Å². The van der Waals surface area contributed by atoms with Crippen LogP contribution in [0.2, 0.25) is 0 Å². The quantitative estimate of drug-likeness (QED) is 0.381. The van der Waals surface area contributed by atoms with E-state index in [2.05, 4.69) is 5.32 Å². The van der Waals surface area contributed by atoms with E-state index >= 15 is 0 Å². The fraction of sp³-hybridized carbons (Fsp3) is 0.440. The summed E-state index contributed by atoms with van der Waals surface area (Å²) >= 11 is 8.67. The van der Waals surface area contributed by atoms with Crippen LogP contribution in [0, 0.1) is 5.82 Å². The molecule has 1 aromatic carbocycles. The van der Waals surface area contributed by atoms with Crippen LogP contribution in [-0.2, 0) is 17.9 Å². The Hall–Kier alpha value is -2.38. The van der Waals surface area contributed by atoms with Crippen LogP contribution in [0.25, 0.3) is 10.2 Å². The van der Waals surface area contributed by atoms with Crippen molar-refractivity contribution in [1.82, 2.24) is 14.8 Å². The van der Waals surface area contributed by atoms with Crippen LogP contribution in [0.15, 0.2) is 41.8 Å². The summed E-state index contributed by atoms with van der Waals surface area (Å²) in [5, 5.41) is 5.14. The van der Waals surface area contributed by atoms with Gasteiger partial charge in [0.1, 0.15) is 11.5 Å². The maximum atomic E-state index is 13.7. The van der Waals surface area contributed by atoms with E-state index in [1.165, 1.54) is 36.3 Å². The van der Waals surface area contributed by atoms with Crippen molar-refractivity contribution in [3.8, 4) is 0 Å². The fourth-order valence-electron chi connectivity index (χ4n) is 4.98. The summed E-state index contributed by atoms with van der Waals surface area (Å²) in [4.78, 5) is 27.2. The first-order valence-corrected chi connectivity index (χ1v) is 12.8.